The smallest absolute Gasteiger partial charge is 0.338 e. The Balaban J connectivity index is 1.87. The summed E-state index contributed by atoms with van der Waals surface area (Å²) in [4.78, 5) is 24.9. The lowest BCUT2D eigenvalue weighted by molar-refractivity contribution is -0.134. The van der Waals surface area contributed by atoms with E-state index in [-0.39, 0.29) is 23.1 Å². The highest BCUT2D eigenvalue weighted by Gasteiger charge is 2.32. The highest BCUT2D eigenvalue weighted by Crippen LogP contribution is 2.16. The lowest BCUT2D eigenvalue weighted by Crippen LogP contribution is -2.40. The molecule has 8 heteroatoms. The Kier molecular flexibility index (Phi) is 4.80. The molecule has 1 aliphatic rings. The van der Waals surface area contributed by atoms with E-state index in [2.05, 4.69) is 0 Å². The van der Waals surface area contributed by atoms with E-state index >= 15 is 0 Å². The number of rotatable bonds is 4. The third-order valence-electron chi connectivity index (χ3n) is 3.56. The molecule has 0 aliphatic carbocycles. The maximum Gasteiger partial charge on any atom is 0.338 e. The second kappa shape index (κ2) is 6.43. The molecule has 1 aromatic rings. The van der Waals surface area contributed by atoms with Crippen molar-refractivity contribution in [2.75, 3.05) is 25.2 Å². The summed E-state index contributed by atoms with van der Waals surface area (Å²) in [6.07, 6.45) is 0.385. The van der Waals surface area contributed by atoms with Gasteiger partial charge in [0, 0.05) is 13.1 Å². The largest absolute Gasteiger partial charge is 0.452 e. The number of likely N-dealkylation sites (N-methyl/N-ethyl adjacent to an activating group) is 1. The van der Waals surface area contributed by atoms with Crippen LogP contribution in [0.1, 0.15) is 16.8 Å². The minimum absolute atomic E-state index is 0.0602. The Bertz CT molecular complexity index is 671. The Morgan fingerprint density at radius 3 is 2.50 bits per heavy atom. The Hall–Kier alpha value is -1.96. The average Bonchev–Trinajstić information content (AvgIpc) is 2.84. The van der Waals surface area contributed by atoms with Gasteiger partial charge in [-0.25, -0.2) is 17.6 Å². The van der Waals surface area contributed by atoms with E-state index in [0.717, 1.165) is 12.1 Å². The maximum atomic E-state index is 12.7. The van der Waals surface area contributed by atoms with Crippen LogP contribution >= 0.6 is 0 Å². The van der Waals surface area contributed by atoms with Gasteiger partial charge in [0.25, 0.3) is 5.91 Å². The second-order valence-corrected chi connectivity index (χ2v) is 7.37. The summed E-state index contributed by atoms with van der Waals surface area (Å²) in [5.74, 6) is -1.70. The number of esters is 1. The van der Waals surface area contributed by atoms with E-state index in [0.29, 0.717) is 6.42 Å². The average molecular weight is 329 g/mol. The molecule has 120 valence electrons. The van der Waals surface area contributed by atoms with Crippen molar-refractivity contribution in [2.24, 2.45) is 0 Å². The van der Waals surface area contributed by atoms with E-state index in [1.54, 1.807) is 0 Å². The predicted octanol–water partition coefficient (Wildman–Crippen LogP) is 0.628. The van der Waals surface area contributed by atoms with Gasteiger partial charge in [0.2, 0.25) is 0 Å². The molecule has 1 aliphatic heterocycles. The number of ether oxygens (including phenoxy) is 1. The van der Waals surface area contributed by atoms with Crippen molar-refractivity contribution in [3.63, 3.8) is 0 Å². The SMILES string of the molecule is CN(C(=O)COC(=O)c1ccc(F)cc1)C1CCS(=O)(=O)C1. The van der Waals surface area contributed by atoms with Crippen LogP contribution in [0, 0.1) is 5.82 Å². The van der Waals surface area contributed by atoms with Crippen LogP contribution in [0.15, 0.2) is 24.3 Å². The molecule has 0 saturated carbocycles. The molecule has 2 rings (SSSR count). The molecule has 6 nitrogen and oxygen atoms in total. The van der Waals surface area contributed by atoms with Gasteiger partial charge in [-0.1, -0.05) is 0 Å². The molecular formula is C14H16FNO5S. The molecule has 0 bridgehead atoms. The van der Waals surface area contributed by atoms with Gasteiger partial charge in [0.15, 0.2) is 16.4 Å². The quantitative estimate of drug-likeness (QED) is 0.757. The van der Waals surface area contributed by atoms with Gasteiger partial charge >= 0.3 is 5.97 Å². The van der Waals surface area contributed by atoms with Crippen molar-refractivity contribution in [3.05, 3.63) is 35.6 Å². The standard InChI is InChI=1S/C14H16FNO5S/c1-16(12-6-7-22(19,20)9-12)13(17)8-21-14(18)10-2-4-11(15)5-3-10/h2-5,12H,6-9H2,1H3. The summed E-state index contributed by atoms with van der Waals surface area (Å²) in [7, 11) is -1.60. The first-order valence-corrected chi connectivity index (χ1v) is 8.49. The van der Waals surface area contributed by atoms with Crippen LogP contribution in [0.25, 0.3) is 0 Å². The van der Waals surface area contributed by atoms with Crippen molar-refractivity contribution >= 4 is 21.7 Å². The molecule has 1 heterocycles. The normalized spacial score (nSPS) is 19.6. The maximum absolute atomic E-state index is 12.7. The summed E-state index contributed by atoms with van der Waals surface area (Å²) in [5.41, 5.74) is 0.139. The molecular weight excluding hydrogens is 313 g/mol. The molecule has 1 unspecified atom stereocenters. The van der Waals surface area contributed by atoms with Gasteiger partial charge in [-0.2, -0.15) is 0 Å². The van der Waals surface area contributed by atoms with E-state index < -0.39 is 34.1 Å². The van der Waals surface area contributed by atoms with Gasteiger partial charge in [-0.15, -0.1) is 0 Å². The van der Waals surface area contributed by atoms with Gasteiger partial charge in [-0.05, 0) is 30.7 Å². The molecule has 1 saturated heterocycles. The predicted molar refractivity (Wildman–Crippen MR) is 76.5 cm³/mol. The summed E-state index contributed by atoms with van der Waals surface area (Å²) >= 11 is 0. The number of amides is 1. The van der Waals surface area contributed by atoms with Crippen LogP contribution in [-0.4, -0.2) is 56.4 Å². The molecule has 1 aromatic carbocycles. The highest BCUT2D eigenvalue weighted by atomic mass is 32.2. The van der Waals surface area contributed by atoms with Crippen LogP contribution in [0.5, 0.6) is 0 Å². The van der Waals surface area contributed by atoms with Crippen molar-refractivity contribution < 1.29 is 27.1 Å². The zero-order chi connectivity index (χ0) is 16.3. The lowest BCUT2D eigenvalue weighted by atomic mass is 10.2. The number of carbonyl (C=O) groups excluding carboxylic acids is 2. The third kappa shape index (κ3) is 4.03. The number of benzene rings is 1. The first kappa shape index (κ1) is 16.4. The van der Waals surface area contributed by atoms with Crippen molar-refractivity contribution in [2.45, 2.75) is 12.5 Å². The van der Waals surface area contributed by atoms with E-state index in [9.17, 15) is 22.4 Å². The van der Waals surface area contributed by atoms with Crippen molar-refractivity contribution in [3.8, 4) is 0 Å². The van der Waals surface area contributed by atoms with Crippen LogP contribution in [0.4, 0.5) is 4.39 Å². The fourth-order valence-electron chi connectivity index (χ4n) is 2.18. The van der Waals surface area contributed by atoms with Crippen molar-refractivity contribution in [1.29, 1.82) is 0 Å². The van der Waals surface area contributed by atoms with Crippen LogP contribution in [0.2, 0.25) is 0 Å². The van der Waals surface area contributed by atoms with Gasteiger partial charge < -0.3 is 9.64 Å². The topological polar surface area (TPSA) is 80.8 Å². The molecule has 1 fully saturated rings. The number of carbonyl (C=O) groups is 2. The molecule has 0 aromatic heterocycles. The van der Waals surface area contributed by atoms with Gasteiger partial charge in [0.1, 0.15) is 5.82 Å². The van der Waals surface area contributed by atoms with E-state index in [4.69, 9.17) is 4.74 Å². The van der Waals surface area contributed by atoms with E-state index in [1.165, 1.54) is 24.1 Å². The van der Waals surface area contributed by atoms with Crippen LogP contribution in [0.3, 0.4) is 0 Å². The van der Waals surface area contributed by atoms with E-state index in [1.807, 2.05) is 0 Å². The van der Waals surface area contributed by atoms with Gasteiger partial charge in [-0.3, -0.25) is 4.79 Å². The summed E-state index contributed by atoms with van der Waals surface area (Å²) < 4.78 is 40.4. The monoisotopic (exact) mass is 329 g/mol. The molecule has 0 N–H and O–H groups in total. The number of hydrogen-bond donors (Lipinski definition) is 0. The zero-order valence-corrected chi connectivity index (χ0v) is 12.8. The summed E-state index contributed by atoms with van der Waals surface area (Å²) in [6, 6.07) is 4.37. The Labute approximate surface area is 127 Å². The first-order valence-electron chi connectivity index (χ1n) is 6.67. The van der Waals surface area contributed by atoms with Crippen molar-refractivity contribution in [1.82, 2.24) is 4.90 Å². The second-order valence-electron chi connectivity index (χ2n) is 5.14. The van der Waals surface area contributed by atoms with Gasteiger partial charge in [0.05, 0.1) is 17.1 Å². The zero-order valence-electron chi connectivity index (χ0n) is 12.0. The first-order chi connectivity index (χ1) is 10.3. The summed E-state index contributed by atoms with van der Waals surface area (Å²) in [6.45, 7) is -0.483. The van der Waals surface area contributed by atoms with Crippen LogP contribution < -0.4 is 0 Å². The number of sulfone groups is 1. The fraction of sp³-hybridized carbons (Fsp3) is 0.429. The molecule has 22 heavy (non-hydrogen) atoms. The minimum atomic E-state index is -3.09. The number of halogens is 1. The Morgan fingerprint density at radius 2 is 1.95 bits per heavy atom. The number of nitrogens with zero attached hydrogens (tertiary/aromatic N) is 1. The summed E-state index contributed by atoms with van der Waals surface area (Å²) in [5, 5.41) is 0. The highest BCUT2D eigenvalue weighted by molar-refractivity contribution is 7.91. The molecule has 1 atom stereocenters. The molecule has 0 spiro atoms. The Morgan fingerprint density at radius 1 is 1.32 bits per heavy atom. The number of hydrogen-bond acceptors (Lipinski definition) is 5. The third-order valence-corrected chi connectivity index (χ3v) is 5.31. The minimum Gasteiger partial charge on any atom is -0.452 e. The molecule has 0 radical (unpaired) electrons. The molecule has 1 amide bonds. The van der Waals surface area contributed by atoms with Crippen LogP contribution in [-0.2, 0) is 19.4 Å². The fourth-order valence-corrected chi connectivity index (χ4v) is 3.96. The lowest BCUT2D eigenvalue weighted by Gasteiger charge is -2.23.